The molecular weight excluding hydrogens is 291 g/mol. The third kappa shape index (κ3) is 4.38. The highest BCUT2D eigenvalue weighted by molar-refractivity contribution is 6.06. The summed E-state index contributed by atoms with van der Waals surface area (Å²) >= 11 is 0. The molecule has 0 aromatic heterocycles. The van der Waals surface area contributed by atoms with E-state index >= 15 is 0 Å². The summed E-state index contributed by atoms with van der Waals surface area (Å²) in [6, 6.07) is 14.3. The van der Waals surface area contributed by atoms with Gasteiger partial charge in [-0.05, 0) is 42.3 Å². The van der Waals surface area contributed by atoms with Gasteiger partial charge in [0.25, 0.3) is 0 Å². The lowest BCUT2D eigenvalue weighted by atomic mass is 10.2. The van der Waals surface area contributed by atoms with Gasteiger partial charge in [0.1, 0.15) is 5.75 Å². The minimum absolute atomic E-state index is 0.207. The maximum atomic E-state index is 13.0. The summed E-state index contributed by atoms with van der Waals surface area (Å²) in [4.78, 5) is 3.57. The van der Waals surface area contributed by atoms with E-state index in [4.69, 9.17) is 4.74 Å². The van der Waals surface area contributed by atoms with Crippen molar-refractivity contribution < 1.29 is 17.9 Å². The van der Waals surface area contributed by atoms with Gasteiger partial charge >= 0.3 is 6.18 Å². The monoisotopic (exact) mass is 303 g/mol. The van der Waals surface area contributed by atoms with Crippen molar-refractivity contribution in [1.29, 1.82) is 0 Å². The van der Waals surface area contributed by atoms with E-state index in [1.54, 1.807) is 42.5 Å². The van der Waals surface area contributed by atoms with Gasteiger partial charge in [0.2, 0.25) is 0 Å². The molecule has 0 radical (unpaired) electrons. The Balaban J connectivity index is 2.32. The number of hydrogen-bond donors (Lipinski definition) is 0. The molecule has 0 saturated carbocycles. The molecule has 0 amide bonds. The van der Waals surface area contributed by atoms with Crippen LogP contribution in [0.5, 0.6) is 5.75 Å². The number of aliphatic imine (C=N–C) groups is 1. The summed E-state index contributed by atoms with van der Waals surface area (Å²) in [6.45, 7) is 0. The number of para-hydroxylation sites is 1. The molecule has 0 aliphatic heterocycles. The number of nitrogens with zero attached hydrogens (tertiary/aromatic N) is 1. The predicted octanol–water partition coefficient (Wildman–Crippen LogP) is 4.38. The summed E-state index contributed by atoms with van der Waals surface area (Å²) in [6.07, 6.45) is -4.60. The lowest BCUT2D eigenvalue weighted by Crippen LogP contribution is -2.21. The molecule has 0 N–H and O–H groups in total. The van der Waals surface area contributed by atoms with Crippen LogP contribution in [0, 0.1) is 11.8 Å². The molecule has 0 heterocycles. The van der Waals surface area contributed by atoms with E-state index < -0.39 is 11.9 Å². The Morgan fingerprint density at radius 1 is 1.00 bits per heavy atom. The average Bonchev–Trinajstić information content (AvgIpc) is 2.52. The summed E-state index contributed by atoms with van der Waals surface area (Å²) in [5.41, 5.74) is -0.473. The Morgan fingerprint density at radius 3 is 2.18 bits per heavy atom. The first kappa shape index (κ1) is 15.6. The van der Waals surface area contributed by atoms with Crippen molar-refractivity contribution in [2.24, 2.45) is 4.99 Å². The van der Waals surface area contributed by atoms with Gasteiger partial charge < -0.3 is 4.74 Å². The Morgan fingerprint density at radius 2 is 1.64 bits per heavy atom. The van der Waals surface area contributed by atoms with Crippen LogP contribution in [0.3, 0.4) is 0 Å². The number of ether oxygens (including phenoxy) is 1. The van der Waals surface area contributed by atoms with Crippen LogP contribution in [0.25, 0.3) is 0 Å². The van der Waals surface area contributed by atoms with Crippen LogP contribution < -0.4 is 4.74 Å². The first-order valence-corrected chi connectivity index (χ1v) is 6.36. The highest BCUT2D eigenvalue weighted by atomic mass is 19.4. The van der Waals surface area contributed by atoms with Crippen molar-refractivity contribution in [2.45, 2.75) is 6.18 Å². The maximum Gasteiger partial charge on any atom is 0.441 e. The number of halogens is 3. The van der Waals surface area contributed by atoms with Gasteiger partial charge in [-0.1, -0.05) is 24.1 Å². The van der Waals surface area contributed by atoms with Crippen molar-refractivity contribution in [3.05, 3.63) is 60.2 Å². The van der Waals surface area contributed by atoms with Crippen LogP contribution in [-0.2, 0) is 0 Å². The molecule has 22 heavy (non-hydrogen) atoms. The van der Waals surface area contributed by atoms with Gasteiger partial charge in [-0.2, -0.15) is 13.2 Å². The van der Waals surface area contributed by atoms with Gasteiger partial charge in [-0.25, -0.2) is 4.99 Å². The molecule has 112 valence electrons. The molecule has 0 aliphatic rings. The highest BCUT2D eigenvalue weighted by Gasteiger charge is 2.34. The molecule has 2 rings (SSSR count). The molecule has 0 saturated heterocycles. The number of hydrogen-bond acceptors (Lipinski definition) is 2. The normalized spacial score (nSPS) is 11.5. The van der Waals surface area contributed by atoms with E-state index in [0.29, 0.717) is 11.3 Å². The Hall–Kier alpha value is -2.74. The van der Waals surface area contributed by atoms with Crippen molar-refractivity contribution in [1.82, 2.24) is 0 Å². The van der Waals surface area contributed by atoms with Crippen LogP contribution in [0.1, 0.15) is 5.56 Å². The van der Waals surface area contributed by atoms with Crippen molar-refractivity contribution in [2.75, 3.05) is 7.11 Å². The maximum absolute atomic E-state index is 13.0. The quantitative estimate of drug-likeness (QED) is 0.596. The predicted molar refractivity (Wildman–Crippen MR) is 79.5 cm³/mol. The standard InChI is InChI=1S/C17H12F3NO/c1-22-15-10-7-13(8-11-15)9-12-16(17(18,19)20)21-14-5-3-2-4-6-14/h2-8,10-11H,1H3. The molecule has 2 aromatic rings. The minimum Gasteiger partial charge on any atom is -0.497 e. The Labute approximate surface area is 126 Å². The van der Waals surface area contributed by atoms with Crippen LogP contribution in [0.15, 0.2) is 59.6 Å². The first-order valence-electron chi connectivity index (χ1n) is 6.36. The molecule has 2 nitrogen and oxygen atoms in total. The number of rotatable bonds is 2. The second-order valence-corrected chi connectivity index (χ2v) is 4.27. The van der Waals surface area contributed by atoms with Gasteiger partial charge in [0, 0.05) is 5.56 Å². The summed E-state index contributed by atoms with van der Waals surface area (Å²) < 4.78 is 43.9. The molecule has 0 atom stereocenters. The second kappa shape index (κ2) is 6.81. The lowest BCUT2D eigenvalue weighted by molar-refractivity contribution is -0.0571. The van der Waals surface area contributed by atoms with Gasteiger partial charge in [0.05, 0.1) is 12.8 Å². The molecule has 2 aromatic carbocycles. The fraction of sp³-hybridized carbons (Fsp3) is 0.118. The van der Waals surface area contributed by atoms with Gasteiger partial charge in [-0.15, -0.1) is 0 Å². The van der Waals surface area contributed by atoms with Crippen LogP contribution in [0.4, 0.5) is 18.9 Å². The van der Waals surface area contributed by atoms with Crippen LogP contribution >= 0.6 is 0 Å². The SMILES string of the molecule is COc1ccc(C#CC(=Nc2ccccc2)C(F)(F)F)cc1. The van der Waals surface area contributed by atoms with Crippen LogP contribution in [0.2, 0.25) is 0 Å². The minimum atomic E-state index is -4.60. The molecule has 5 heteroatoms. The van der Waals surface area contributed by atoms with Gasteiger partial charge in [-0.3, -0.25) is 0 Å². The lowest BCUT2D eigenvalue weighted by Gasteiger charge is -2.04. The zero-order valence-electron chi connectivity index (χ0n) is 11.7. The van der Waals surface area contributed by atoms with E-state index in [1.807, 2.05) is 0 Å². The molecular formula is C17H12F3NO. The third-order valence-electron chi connectivity index (χ3n) is 2.68. The first-order chi connectivity index (χ1) is 10.5. The van der Waals surface area contributed by atoms with Gasteiger partial charge in [0.15, 0.2) is 5.71 Å². The fourth-order valence-electron chi connectivity index (χ4n) is 1.60. The zero-order valence-corrected chi connectivity index (χ0v) is 11.7. The Bertz CT molecular complexity index is 708. The fourth-order valence-corrected chi connectivity index (χ4v) is 1.60. The summed E-state index contributed by atoms with van der Waals surface area (Å²) in [7, 11) is 1.51. The van der Waals surface area contributed by atoms with E-state index in [0.717, 1.165) is 0 Å². The Kier molecular flexibility index (Phi) is 4.84. The molecule has 0 aliphatic carbocycles. The van der Waals surface area contributed by atoms with Crippen LogP contribution in [-0.4, -0.2) is 19.0 Å². The molecule has 0 bridgehead atoms. The van der Waals surface area contributed by atoms with E-state index in [9.17, 15) is 13.2 Å². The van der Waals surface area contributed by atoms with Crippen molar-refractivity contribution in [3.63, 3.8) is 0 Å². The van der Waals surface area contributed by atoms with E-state index in [1.165, 1.54) is 19.2 Å². The third-order valence-corrected chi connectivity index (χ3v) is 2.68. The van der Waals surface area contributed by atoms with Crippen molar-refractivity contribution in [3.8, 4) is 17.6 Å². The highest BCUT2D eigenvalue weighted by Crippen LogP contribution is 2.21. The largest absolute Gasteiger partial charge is 0.497 e. The second-order valence-electron chi connectivity index (χ2n) is 4.27. The number of alkyl halides is 3. The zero-order chi connectivity index (χ0) is 16.0. The summed E-state index contributed by atoms with van der Waals surface area (Å²) in [5, 5.41) is 0. The molecule has 0 unspecified atom stereocenters. The van der Waals surface area contributed by atoms with Crippen molar-refractivity contribution >= 4 is 11.4 Å². The number of benzene rings is 2. The molecule has 0 fully saturated rings. The molecule has 0 spiro atoms. The number of methoxy groups -OCH3 is 1. The van der Waals surface area contributed by atoms with E-state index in [-0.39, 0.29) is 5.69 Å². The average molecular weight is 303 g/mol. The smallest absolute Gasteiger partial charge is 0.441 e. The topological polar surface area (TPSA) is 21.6 Å². The van der Waals surface area contributed by atoms with E-state index in [2.05, 4.69) is 16.8 Å². The summed E-state index contributed by atoms with van der Waals surface area (Å²) in [5.74, 6) is 5.17.